The van der Waals surface area contributed by atoms with Gasteiger partial charge in [-0.3, -0.25) is 9.89 Å². The highest BCUT2D eigenvalue weighted by Crippen LogP contribution is 2.31. The van der Waals surface area contributed by atoms with Gasteiger partial charge in [-0.15, -0.1) is 5.10 Å². The number of nitrogens with one attached hydrogen (secondary N) is 2. The molecule has 1 amide bonds. The molecule has 3 rings (SSSR count). The second-order valence-electron chi connectivity index (χ2n) is 6.81. The summed E-state index contributed by atoms with van der Waals surface area (Å²) in [4.78, 5) is 16.7. The fourth-order valence-corrected chi connectivity index (χ4v) is 5.43. The monoisotopic (exact) mass is 453 g/mol. The van der Waals surface area contributed by atoms with Gasteiger partial charge in [-0.05, 0) is 38.0 Å². The summed E-state index contributed by atoms with van der Waals surface area (Å²) in [5.41, 5.74) is 0.406. The third kappa shape index (κ3) is 5.52. The van der Waals surface area contributed by atoms with Crippen LogP contribution in [0.25, 0.3) is 0 Å². The number of benzene rings is 1. The number of ether oxygens (including phenoxy) is 1. The summed E-state index contributed by atoms with van der Waals surface area (Å²) in [5.74, 6) is 0.899. The van der Waals surface area contributed by atoms with E-state index in [-0.39, 0.29) is 16.6 Å². The number of H-pyrrole nitrogens is 1. The van der Waals surface area contributed by atoms with E-state index < -0.39 is 10.0 Å². The average Bonchev–Trinajstić information content (AvgIpc) is 3.22. The molecule has 0 unspecified atom stereocenters. The maximum absolute atomic E-state index is 13.2. The molecule has 0 atom stereocenters. The van der Waals surface area contributed by atoms with Crippen molar-refractivity contribution in [2.45, 2.75) is 49.6 Å². The first-order chi connectivity index (χ1) is 14.4. The number of rotatable bonds is 9. The van der Waals surface area contributed by atoms with Gasteiger partial charge in [-0.25, -0.2) is 13.4 Å². The van der Waals surface area contributed by atoms with Gasteiger partial charge in [0.15, 0.2) is 0 Å². The van der Waals surface area contributed by atoms with Crippen LogP contribution in [0.15, 0.2) is 28.3 Å². The Balaban J connectivity index is 1.73. The van der Waals surface area contributed by atoms with Crippen LogP contribution in [0.2, 0.25) is 0 Å². The summed E-state index contributed by atoms with van der Waals surface area (Å²) < 4.78 is 33.4. The van der Waals surface area contributed by atoms with E-state index in [2.05, 4.69) is 20.5 Å². The van der Waals surface area contributed by atoms with Crippen molar-refractivity contribution < 1.29 is 17.9 Å². The zero-order chi connectivity index (χ0) is 21.6. The summed E-state index contributed by atoms with van der Waals surface area (Å²) in [6.07, 6.45) is 3.46. The van der Waals surface area contributed by atoms with E-state index in [1.807, 2.05) is 6.92 Å². The third-order valence-electron chi connectivity index (χ3n) is 4.64. The van der Waals surface area contributed by atoms with E-state index in [1.54, 1.807) is 19.1 Å². The molecule has 1 aliphatic rings. The van der Waals surface area contributed by atoms with Crippen LogP contribution < -0.4 is 10.1 Å². The molecule has 1 aromatic heterocycles. The predicted molar refractivity (Wildman–Crippen MR) is 115 cm³/mol. The van der Waals surface area contributed by atoms with E-state index in [9.17, 15) is 13.2 Å². The molecule has 2 heterocycles. The van der Waals surface area contributed by atoms with Crippen LogP contribution in [0.5, 0.6) is 5.75 Å². The number of hydrogen-bond acceptors (Lipinski definition) is 7. The Morgan fingerprint density at radius 2 is 2.03 bits per heavy atom. The Bertz CT molecular complexity index is 971. The number of hydrogen-bond donors (Lipinski definition) is 2. The van der Waals surface area contributed by atoms with Gasteiger partial charge in [0.1, 0.15) is 16.5 Å². The van der Waals surface area contributed by atoms with E-state index >= 15 is 0 Å². The van der Waals surface area contributed by atoms with E-state index in [0.717, 1.165) is 31.5 Å². The van der Waals surface area contributed by atoms with Gasteiger partial charge in [-0.2, -0.15) is 4.31 Å². The van der Waals surface area contributed by atoms with Crippen molar-refractivity contribution in [1.29, 1.82) is 0 Å². The Morgan fingerprint density at radius 3 is 2.70 bits per heavy atom. The molecule has 1 aliphatic heterocycles. The number of aromatic amines is 1. The van der Waals surface area contributed by atoms with Crippen molar-refractivity contribution in [1.82, 2.24) is 19.5 Å². The Morgan fingerprint density at radius 1 is 1.27 bits per heavy atom. The van der Waals surface area contributed by atoms with Gasteiger partial charge >= 0.3 is 0 Å². The van der Waals surface area contributed by atoms with E-state index in [0.29, 0.717) is 36.3 Å². The molecule has 0 aliphatic carbocycles. The summed E-state index contributed by atoms with van der Waals surface area (Å²) in [6, 6.07) is 4.70. The van der Waals surface area contributed by atoms with Crippen LogP contribution in [0, 0.1) is 0 Å². The normalized spacial score (nSPS) is 15.1. The molecular formula is C19H27N5O4S2. The number of sulfonamides is 1. The zero-order valence-corrected chi connectivity index (χ0v) is 18.8. The molecule has 164 valence electrons. The second-order valence-corrected chi connectivity index (χ2v) is 9.66. The molecule has 1 saturated heterocycles. The summed E-state index contributed by atoms with van der Waals surface area (Å²) in [7, 11) is -3.70. The maximum atomic E-state index is 13.2. The van der Waals surface area contributed by atoms with Crippen LogP contribution in [-0.2, 0) is 21.2 Å². The number of anilines is 1. The summed E-state index contributed by atoms with van der Waals surface area (Å²) in [5, 5.41) is 10.1. The van der Waals surface area contributed by atoms with Gasteiger partial charge < -0.3 is 10.1 Å². The van der Waals surface area contributed by atoms with Gasteiger partial charge in [0.25, 0.3) is 0 Å². The minimum atomic E-state index is -3.70. The van der Waals surface area contributed by atoms with Crippen molar-refractivity contribution >= 4 is 33.4 Å². The van der Waals surface area contributed by atoms with Gasteiger partial charge in [-0.1, -0.05) is 25.1 Å². The lowest BCUT2D eigenvalue weighted by atomic mass is 10.2. The van der Waals surface area contributed by atoms with Crippen LogP contribution >= 0.6 is 11.8 Å². The van der Waals surface area contributed by atoms with Crippen molar-refractivity contribution in [2.75, 3.05) is 30.8 Å². The number of amides is 1. The first-order valence-electron chi connectivity index (χ1n) is 10.0. The van der Waals surface area contributed by atoms with Crippen molar-refractivity contribution in [3.05, 3.63) is 24.0 Å². The molecule has 0 bridgehead atoms. The van der Waals surface area contributed by atoms with Crippen molar-refractivity contribution in [3.8, 4) is 5.75 Å². The highest BCUT2D eigenvalue weighted by Gasteiger charge is 2.29. The summed E-state index contributed by atoms with van der Waals surface area (Å²) in [6.45, 7) is 5.11. The fraction of sp³-hybridized carbons (Fsp3) is 0.526. The van der Waals surface area contributed by atoms with Crippen molar-refractivity contribution in [3.63, 3.8) is 0 Å². The molecule has 0 spiro atoms. The first kappa shape index (κ1) is 22.6. The first-order valence-corrected chi connectivity index (χ1v) is 12.5. The molecular weight excluding hydrogens is 426 g/mol. The zero-order valence-electron chi connectivity index (χ0n) is 17.2. The van der Waals surface area contributed by atoms with Crippen LogP contribution in [0.1, 0.15) is 38.9 Å². The molecule has 2 aromatic rings. The maximum Gasteiger partial charge on any atom is 0.246 e. The van der Waals surface area contributed by atoms with E-state index in [4.69, 9.17) is 4.74 Å². The van der Waals surface area contributed by atoms with Crippen LogP contribution in [-0.4, -0.2) is 59.3 Å². The molecule has 11 heteroatoms. The molecule has 30 heavy (non-hydrogen) atoms. The quantitative estimate of drug-likeness (QED) is 0.561. The lowest BCUT2D eigenvalue weighted by Gasteiger charge is -2.27. The minimum Gasteiger partial charge on any atom is -0.492 e. The molecule has 1 aromatic carbocycles. The number of aromatic nitrogens is 3. The highest BCUT2D eigenvalue weighted by atomic mass is 32.2. The number of nitrogens with zero attached hydrogens (tertiary/aromatic N) is 3. The Hall–Kier alpha value is -2.11. The van der Waals surface area contributed by atoms with Gasteiger partial charge in [0.2, 0.25) is 21.1 Å². The number of carbonyl (C=O) groups is 1. The van der Waals surface area contributed by atoms with E-state index in [1.165, 1.54) is 22.1 Å². The topological polar surface area (TPSA) is 117 Å². The lowest BCUT2D eigenvalue weighted by Crippen LogP contribution is -2.35. The molecule has 0 saturated carbocycles. The number of carbonyl (C=O) groups excluding carboxylic acids is 1. The SMILES string of the molecule is CCOc1ccc(NC(=O)CSc2n[nH]c(CC)n2)cc1S(=O)(=O)N1CCCCC1. The largest absolute Gasteiger partial charge is 0.492 e. The van der Waals surface area contributed by atoms with Crippen molar-refractivity contribution in [2.24, 2.45) is 0 Å². The van der Waals surface area contributed by atoms with Crippen LogP contribution in [0.3, 0.4) is 0 Å². The number of aryl methyl sites for hydroxylation is 1. The standard InChI is InChI=1S/C19H27N5O4S2/c1-3-17-21-19(23-22-17)29-13-18(25)20-14-8-9-15(28-4-2)16(12-14)30(26,27)24-10-6-5-7-11-24/h8-9,12H,3-7,10-11,13H2,1-2H3,(H,20,25)(H,21,22,23). The summed E-state index contributed by atoms with van der Waals surface area (Å²) >= 11 is 1.21. The number of thioether (sulfide) groups is 1. The molecule has 2 N–H and O–H groups in total. The predicted octanol–water partition coefficient (Wildman–Crippen LogP) is 2.67. The highest BCUT2D eigenvalue weighted by molar-refractivity contribution is 7.99. The lowest BCUT2D eigenvalue weighted by molar-refractivity contribution is -0.113. The fourth-order valence-electron chi connectivity index (χ4n) is 3.13. The Kier molecular flexibility index (Phi) is 7.73. The van der Waals surface area contributed by atoms with Crippen LogP contribution in [0.4, 0.5) is 5.69 Å². The second kappa shape index (κ2) is 10.3. The third-order valence-corrected chi connectivity index (χ3v) is 7.41. The number of piperidine rings is 1. The molecule has 9 nitrogen and oxygen atoms in total. The molecule has 0 radical (unpaired) electrons. The Labute approximate surface area is 181 Å². The smallest absolute Gasteiger partial charge is 0.246 e. The molecule has 1 fully saturated rings. The van der Waals surface area contributed by atoms with Gasteiger partial charge in [0.05, 0.1) is 12.4 Å². The van der Waals surface area contributed by atoms with Gasteiger partial charge in [0, 0.05) is 25.2 Å². The minimum absolute atomic E-state index is 0.0817. The average molecular weight is 454 g/mol.